The summed E-state index contributed by atoms with van der Waals surface area (Å²) in [5, 5.41) is 8.76. The first kappa shape index (κ1) is 14.5. The van der Waals surface area contributed by atoms with E-state index in [1.54, 1.807) is 6.07 Å². The fourth-order valence-electron chi connectivity index (χ4n) is 2.12. The second kappa shape index (κ2) is 6.05. The number of hydrogen-bond acceptors (Lipinski definition) is 3. The van der Waals surface area contributed by atoms with Crippen LogP contribution in [0.3, 0.4) is 0 Å². The Balaban J connectivity index is 2.03. The lowest BCUT2D eigenvalue weighted by Crippen LogP contribution is -2.00. The summed E-state index contributed by atoms with van der Waals surface area (Å²) in [6.45, 7) is 4.01. The van der Waals surface area contributed by atoms with Crippen molar-refractivity contribution in [1.82, 2.24) is 0 Å². The van der Waals surface area contributed by atoms with Gasteiger partial charge in [-0.2, -0.15) is 0 Å². The molecule has 0 aliphatic carbocycles. The molecule has 0 aliphatic rings. The van der Waals surface area contributed by atoms with Gasteiger partial charge >= 0.3 is 5.97 Å². The van der Waals surface area contributed by atoms with E-state index >= 15 is 0 Å². The van der Waals surface area contributed by atoms with E-state index in [2.05, 4.69) is 6.07 Å². The normalized spacial score (nSPS) is 12.3. The maximum absolute atomic E-state index is 12.1. The van der Waals surface area contributed by atoms with Crippen molar-refractivity contribution in [3.8, 4) is 0 Å². The fourth-order valence-corrected chi connectivity index (χ4v) is 3.23. The first-order valence-electron chi connectivity index (χ1n) is 6.18. The van der Waals surface area contributed by atoms with E-state index in [0.717, 1.165) is 16.7 Å². The third kappa shape index (κ3) is 3.81. The summed E-state index contributed by atoms with van der Waals surface area (Å²) >= 11 is 0. The molecule has 1 aromatic carbocycles. The van der Waals surface area contributed by atoms with Crippen molar-refractivity contribution in [3.05, 3.63) is 58.5 Å². The maximum atomic E-state index is 12.1. The molecule has 0 fully saturated rings. The van der Waals surface area contributed by atoms with Gasteiger partial charge in [0.1, 0.15) is 5.76 Å². The zero-order valence-corrected chi connectivity index (χ0v) is 12.2. The second-order valence-corrected chi connectivity index (χ2v) is 6.25. The van der Waals surface area contributed by atoms with Crippen LogP contribution in [0.15, 0.2) is 34.7 Å². The molecule has 1 atom stereocenters. The molecule has 1 unspecified atom stereocenters. The molecule has 1 heterocycles. The van der Waals surface area contributed by atoms with Gasteiger partial charge < -0.3 is 9.52 Å². The van der Waals surface area contributed by atoms with E-state index in [0.29, 0.717) is 11.5 Å². The molecule has 106 valence electrons. The Labute approximate surface area is 119 Å². The van der Waals surface area contributed by atoms with Crippen LogP contribution < -0.4 is 0 Å². The van der Waals surface area contributed by atoms with Crippen molar-refractivity contribution < 1.29 is 18.5 Å². The van der Waals surface area contributed by atoms with Crippen molar-refractivity contribution in [2.75, 3.05) is 0 Å². The van der Waals surface area contributed by atoms with Gasteiger partial charge in [-0.25, -0.2) is 4.79 Å². The van der Waals surface area contributed by atoms with E-state index in [4.69, 9.17) is 9.52 Å². The molecular weight excluding hydrogens is 276 g/mol. The van der Waals surface area contributed by atoms with Gasteiger partial charge in [0.15, 0.2) is 0 Å². The highest BCUT2D eigenvalue weighted by atomic mass is 32.2. The Morgan fingerprint density at radius 1 is 1.15 bits per heavy atom. The predicted molar refractivity (Wildman–Crippen MR) is 77.1 cm³/mol. The zero-order valence-electron chi connectivity index (χ0n) is 11.4. The lowest BCUT2D eigenvalue weighted by atomic mass is 10.1. The van der Waals surface area contributed by atoms with Gasteiger partial charge in [-0.1, -0.05) is 29.3 Å². The topological polar surface area (TPSA) is 67.5 Å². The van der Waals surface area contributed by atoms with Gasteiger partial charge in [-0.3, -0.25) is 4.21 Å². The summed E-state index contributed by atoms with van der Waals surface area (Å²) in [6, 6.07) is 9.03. The van der Waals surface area contributed by atoms with Crippen LogP contribution in [0.5, 0.6) is 0 Å². The van der Waals surface area contributed by atoms with Crippen LogP contribution in [0.2, 0.25) is 0 Å². The van der Waals surface area contributed by atoms with E-state index < -0.39 is 16.8 Å². The van der Waals surface area contributed by atoms with Crippen molar-refractivity contribution in [2.24, 2.45) is 0 Å². The smallest absolute Gasteiger partial charge is 0.371 e. The summed E-state index contributed by atoms with van der Waals surface area (Å²) in [7, 11) is -1.13. The molecule has 0 aliphatic heterocycles. The predicted octanol–water partition coefficient (Wildman–Crippen LogP) is 3.04. The number of benzene rings is 1. The summed E-state index contributed by atoms with van der Waals surface area (Å²) in [4.78, 5) is 10.7. The molecule has 4 nitrogen and oxygen atoms in total. The van der Waals surface area contributed by atoms with E-state index in [1.165, 1.54) is 6.07 Å². The van der Waals surface area contributed by atoms with Gasteiger partial charge in [0.2, 0.25) is 5.76 Å². The van der Waals surface area contributed by atoms with Gasteiger partial charge in [0.25, 0.3) is 0 Å². The molecule has 0 bridgehead atoms. The highest BCUT2D eigenvalue weighted by Crippen LogP contribution is 2.15. The molecule has 0 radical (unpaired) electrons. The quantitative estimate of drug-likeness (QED) is 0.919. The average Bonchev–Trinajstić information content (AvgIpc) is 2.75. The SMILES string of the molecule is Cc1cc(C)cc(CS(=O)Cc2ccc(C(=O)O)o2)c1. The van der Waals surface area contributed by atoms with Crippen LogP contribution in [0.4, 0.5) is 0 Å². The number of hydrogen-bond donors (Lipinski definition) is 1. The Kier molecular flexibility index (Phi) is 4.39. The fraction of sp³-hybridized carbons (Fsp3) is 0.267. The van der Waals surface area contributed by atoms with Crippen molar-refractivity contribution in [3.63, 3.8) is 0 Å². The number of aryl methyl sites for hydroxylation is 2. The molecule has 0 saturated carbocycles. The number of carbonyl (C=O) groups is 1. The second-order valence-electron chi connectivity index (χ2n) is 4.80. The van der Waals surface area contributed by atoms with Crippen molar-refractivity contribution >= 4 is 16.8 Å². The Bertz CT molecular complexity index is 637. The lowest BCUT2D eigenvalue weighted by molar-refractivity contribution is 0.0661. The van der Waals surface area contributed by atoms with Crippen LogP contribution >= 0.6 is 0 Å². The molecule has 0 spiro atoms. The van der Waals surface area contributed by atoms with Crippen molar-refractivity contribution in [1.29, 1.82) is 0 Å². The third-order valence-electron chi connectivity index (χ3n) is 2.78. The zero-order chi connectivity index (χ0) is 14.7. The summed E-state index contributed by atoms with van der Waals surface area (Å²) in [6.07, 6.45) is 0. The monoisotopic (exact) mass is 292 g/mol. The lowest BCUT2D eigenvalue weighted by Gasteiger charge is -2.04. The number of carboxylic acid groups (broad SMARTS) is 1. The van der Waals surface area contributed by atoms with E-state index in [1.807, 2.05) is 26.0 Å². The molecule has 20 heavy (non-hydrogen) atoms. The third-order valence-corrected chi connectivity index (χ3v) is 4.05. The molecule has 2 rings (SSSR count). The minimum Gasteiger partial charge on any atom is -0.475 e. The van der Waals surface area contributed by atoms with Crippen LogP contribution in [-0.4, -0.2) is 15.3 Å². The highest BCUT2D eigenvalue weighted by Gasteiger charge is 2.11. The largest absolute Gasteiger partial charge is 0.475 e. The first-order valence-corrected chi connectivity index (χ1v) is 7.67. The van der Waals surface area contributed by atoms with E-state index in [9.17, 15) is 9.00 Å². The molecular formula is C15H16O4S. The Hall–Kier alpha value is -1.88. The highest BCUT2D eigenvalue weighted by molar-refractivity contribution is 7.83. The van der Waals surface area contributed by atoms with Gasteiger partial charge in [0, 0.05) is 16.6 Å². The number of furan rings is 1. The maximum Gasteiger partial charge on any atom is 0.371 e. The minimum atomic E-state index is -1.13. The first-order chi connectivity index (χ1) is 9.44. The van der Waals surface area contributed by atoms with Gasteiger partial charge in [0.05, 0.1) is 5.75 Å². The molecule has 0 amide bonds. The van der Waals surface area contributed by atoms with Gasteiger partial charge in [-0.15, -0.1) is 0 Å². The van der Waals surface area contributed by atoms with Crippen LogP contribution in [-0.2, 0) is 22.3 Å². The summed E-state index contributed by atoms with van der Waals surface area (Å²) in [5.74, 6) is -0.142. The van der Waals surface area contributed by atoms with Crippen LogP contribution in [0.25, 0.3) is 0 Å². The Morgan fingerprint density at radius 2 is 1.80 bits per heavy atom. The summed E-state index contributed by atoms with van der Waals surface area (Å²) < 4.78 is 17.2. The Morgan fingerprint density at radius 3 is 2.35 bits per heavy atom. The van der Waals surface area contributed by atoms with Crippen LogP contribution in [0, 0.1) is 13.8 Å². The number of carboxylic acids is 1. The summed E-state index contributed by atoms with van der Waals surface area (Å²) in [5.41, 5.74) is 3.30. The van der Waals surface area contributed by atoms with Gasteiger partial charge in [-0.05, 0) is 31.5 Å². The number of aromatic carboxylic acids is 1. The molecule has 1 aromatic heterocycles. The average molecular weight is 292 g/mol. The number of rotatable bonds is 5. The molecule has 2 aromatic rings. The van der Waals surface area contributed by atoms with E-state index in [-0.39, 0.29) is 11.5 Å². The van der Waals surface area contributed by atoms with Crippen molar-refractivity contribution in [2.45, 2.75) is 25.4 Å². The molecule has 5 heteroatoms. The molecule has 0 saturated heterocycles. The van der Waals surface area contributed by atoms with Crippen LogP contribution in [0.1, 0.15) is 33.0 Å². The molecule has 1 N–H and O–H groups in total. The minimum absolute atomic E-state index is 0.122. The standard InChI is InChI=1S/C15H16O4S/c1-10-5-11(2)7-12(6-10)8-20(18)9-13-3-4-14(19-13)15(16)17/h3-7H,8-9H2,1-2H3,(H,16,17).